The lowest BCUT2D eigenvalue weighted by Gasteiger charge is -2.33. The van der Waals surface area contributed by atoms with E-state index in [2.05, 4.69) is 35.5 Å². The molecule has 0 bridgehead atoms. The molecule has 3 heterocycles. The van der Waals surface area contributed by atoms with E-state index in [0.29, 0.717) is 5.56 Å². The average Bonchev–Trinajstić information content (AvgIpc) is 3.08. The highest BCUT2D eigenvalue weighted by atomic mass is 16.5. The number of hydrogen-bond donors (Lipinski definition) is 0. The van der Waals surface area contributed by atoms with Crippen LogP contribution in [0.2, 0.25) is 0 Å². The molecule has 31 heavy (non-hydrogen) atoms. The van der Waals surface area contributed by atoms with Crippen LogP contribution in [0.25, 0.3) is 0 Å². The number of ether oxygens (including phenoxy) is 1. The second-order valence-corrected chi connectivity index (χ2v) is 8.91. The summed E-state index contributed by atoms with van der Waals surface area (Å²) < 4.78 is 8.47. The Kier molecular flexibility index (Phi) is 6.96. The number of benzene rings is 1. The SMILES string of the molecule is CCn1nc(C)c(CN2CCC(Oc3ccccc3C(=O)N3CCCCC3)CC2)c1C. The fourth-order valence-corrected chi connectivity index (χ4v) is 4.87. The third-order valence-corrected chi connectivity index (χ3v) is 6.80. The smallest absolute Gasteiger partial charge is 0.257 e. The van der Waals surface area contributed by atoms with Crippen molar-refractivity contribution in [1.29, 1.82) is 0 Å². The highest BCUT2D eigenvalue weighted by Gasteiger charge is 2.26. The topological polar surface area (TPSA) is 50.6 Å². The molecule has 0 saturated carbocycles. The lowest BCUT2D eigenvalue weighted by molar-refractivity contribution is 0.0702. The first-order valence-corrected chi connectivity index (χ1v) is 11.9. The van der Waals surface area contributed by atoms with E-state index in [1.165, 1.54) is 17.7 Å². The molecule has 2 aliphatic heterocycles. The predicted octanol–water partition coefficient (Wildman–Crippen LogP) is 4.19. The van der Waals surface area contributed by atoms with E-state index in [0.717, 1.165) is 76.4 Å². The number of hydrogen-bond acceptors (Lipinski definition) is 4. The number of nitrogens with zero attached hydrogens (tertiary/aromatic N) is 4. The number of piperidine rings is 2. The van der Waals surface area contributed by atoms with E-state index in [1.54, 1.807) is 0 Å². The van der Waals surface area contributed by atoms with Crippen molar-refractivity contribution < 1.29 is 9.53 Å². The van der Waals surface area contributed by atoms with Crippen LogP contribution in [-0.2, 0) is 13.1 Å². The maximum Gasteiger partial charge on any atom is 0.257 e. The van der Waals surface area contributed by atoms with Crippen LogP contribution in [0.4, 0.5) is 0 Å². The number of carbonyl (C=O) groups is 1. The Hall–Kier alpha value is -2.34. The fraction of sp³-hybridized carbons (Fsp3) is 0.600. The van der Waals surface area contributed by atoms with E-state index in [-0.39, 0.29) is 12.0 Å². The van der Waals surface area contributed by atoms with Crippen molar-refractivity contribution in [3.63, 3.8) is 0 Å². The molecule has 4 rings (SSSR count). The molecule has 2 aliphatic rings. The van der Waals surface area contributed by atoms with Crippen LogP contribution in [0.15, 0.2) is 24.3 Å². The van der Waals surface area contributed by atoms with E-state index in [4.69, 9.17) is 4.74 Å². The van der Waals surface area contributed by atoms with Gasteiger partial charge in [-0.2, -0.15) is 5.10 Å². The quantitative estimate of drug-likeness (QED) is 0.698. The summed E-state index contributed by atoms with van der Waals surface area (Å²) in [7, 11) is 0. The Morgan fingerprint density at radius 3 is 2.45 bits per heavy atom. The Labute approximate surface area is 186 Å². The maximum absolute atomic E-state index is 13.0. The lowest BCUT2D eigenvalue weighted by Crippen LogP contribution is -2.39. The molecule has 6 heteroatoms. The molecule has 1 aromatic carbocycles. The van der Waals surface area contributed by atoms with E-state index < -0.39 is 0 Å². The van der Waals surface area contributed by atoms with Crippen LogP contribution in [0.5, 0.6) is 5.75 Å². The molecule has 2 aromatic rings. The first-order chi connectivity index (χ1) is 15.1. The zero-order valence-electron chi connectivity index (χ0n) is 19.3. The standard InChI is InChI=1S/C25H36N4O2/c1-4-29-20(3)23(19(2)26-29)18-27-16-12-21(13-17-27)31-24-11-7-6-10-22(24)25(30)28-14-8-5-9-15-28/h6-7,10-11,21H,4-5,8-9,12-18H2,1-3H3. The number of aromatic nitrogens is 2. The van der Waals surface area contributed by atoms with Crippen LogP contribution in [0.1, 0.15) is 66.3 Å². The first-order valence-electron chi connectivity index (χ1n) is 11.9. The number of carbonyl (C=O) groups excluding carboxylic acids is 1. The zero-order valence-corrected chi connectivity index (χ0v) is 19.3. The van der Waals surface area contributed by atoms with E-state index in [9.17, 15) is 4.79 Å². The minimum atomic E-state index is 0.117. The fourth-order valence-electron chi connectivity index (χ4n) is 4.87. The highest BCUT2D eigenvalue weighted by Crippen LogP contribution is 2.26. The van der Waals surface area contributed by atoms with Crippen molar-refractivity contribution in [2.75, 3.05) is 26.2 Å². The molecule has 0 atom stereocenters. The summed E-state index contributed by atoms with van der Waals surface area (Å²) in [6.07, 6.45) is 5.54. The van der Waals surface area contributed by atoms with Crippen LogP contribution in [0.3, 0.4) is 0 Å². The first kappa shape index (κ1) is 21.9. The average molecular weight is 425 g/mol. The molecule has 1 aromatic heterocycles. The van der Waals surface area contributed by atoms with Gasteiger partial charge in [0.15, 0.2) is 0 Å². The van der Waals surface area contributed by atoms with Gasteiger partial charge in [0.1, 0.15) is 11.9 Å². The number of aryl methyl sites for hydroxylation is 2. The Balaban J connectivity index is 1.35. The molecule has 0 radical (unpaired) electrons. The largest absolute Gasteiger partial charge is 0.489 e. The molecule has 0 unspecified atom stereocenters. The minimum absolute atomic E-state index is 0.117. The third kappa shape index (κ3) is 4.95. The van der Waals surface area contributed by atoms with Gasteiger partial charge in [-0.05, 0) is 65.0 Å². The predicted molar refractivity (Wildman–Crippen MR) is 122 cm³/mol. The summed E-state index contributed by atoms with van der Waals surface area (Å²) in [5.41, 5.74) is 4.50. The summed E-state index contributed by atoms with van der Waals surface area (Å²) >= 11 is 0. The van der Waals surface area contributed by atoms with E-state index >= 15 is 0 Å². The van der Waals surface area contributed by atoms with E-state index in [1.807, 2.05) is 29.2 Å². The van der Waals surface area contributed by atoms with Crippen molar-refractivity contribution in [2.24, 2.45) is 0 Å². The van der Waals surface area contributed by atoms with Gasteiger partial charge in [0.2, 0.25) is 0 Å². The van der Waals surface area contributed by atoms with Gasteiger partial charge in [-0.3, -0.25) is 14.4 Å². The van der Waals surface area contributed by atoms with Crippen LogP contribution in [-0.4, -0.2) is 57.8 Å². The highest BCUT2D eigenvalue weighted by molar-refractivity contribution is 5.97. The molecule has 0 N–H and O–H groups in total. The molecule has 0 spiro atoms. The van der Waals surface area contributed by atoms with Gasteiger partial charge in [-0.15, -0.1) is 0 Å². The lowest BCUT2D eigenvalue weighted by atomic mass is 10.1. The molecular weight excluding hydrogens is 388 g/mol. The van der Waals surface area contributed by atoms with Gasteiger partial charge in [-0.25, -0.2) is 0 Å². The van der Waals surface area contributed by atoms with Crippen LogP contribution < -0.4 is 4.74 Å². The van der Waals surface area contributed by atoms with Gasteiger partial charge in [0.05, 0.1) is 11.3 Å². The van der Waals surface area contributed by atoms with Gasteiger partial charge in [-0.1, -0.05) is 12.1 Å². The molecule has 6 nitrogen and oxygen atoms in total. The normalized spacial score (nSPS) is 18.4. The summed E-state index contributed by atoms with van der Waals surface area (Å²) in [6.45, 7) is 12.0. The van der Waals surface area contributed by atoms with Crippen LogP contribution in [0, 0.1) is 13.8 Å². The monoisotopic (exact) mass is 424 g/mol. The van der Waals surface area contributed by atoms with Crippen molar-refractivity contribution in [2.45, 2.75) is 72.1 Å². The summed E-state index contributed by atoms with van der Waals surface area (Å²) in [4.78, 5) is 17.5. The van der Waals surface area contributed by atoms with Gasteiger partial charge in [0.25, 0.3) is 5.91 Å². The Morgan fingerprint density at radius 1 is 1.06 bits per heavy atom. The Bertz CT molecular complexity index is 893. The number of rotatable bonds is 6. The van der Waals surface area contributed by atoms with Gasteiger partial charge in [0, 0.05) is 50.5 Å². The van der Waals surface area contributed by atoms with Crippen molar-refractivity contribution in [1.82, 2.24) is 19.6 Å². The molecule has 2 fully saturated rings. The maximum atomic E-state index is 13.0. The summed E-state index contributed by atoms with van der Waals surface area (Å²) in [6, 6.07) is 7.77. The molecule has 0 aliphatic carbocycles. The minimum Gasteiger partial charge on any atom is -0.489 e. The van der Waals surface area contributed by atoms with Crippen molar-refractivity contribution in [3.05, 3.63) is 46.8 Å². The number of likely N-dealkylation sites (tertiary alicyclic amines) is 2. The number of para-hydroxylation sites is 1. The second-order valence-electron chi connectivity index (χ2n) is 8.91. The summed E-state index contributed by atoms with van der Waals surface area (Å²) in [5, 5.41) is 4.66. The number of amides is 1. The second kappa shape index (κ2) is 9.86. The van der Waals surface area contributed by atoms with Gasteiger partial charge >= 0.3 is 0 Å². The zero-order chi connectivity index (χ0) is 21.8. The van der Waals surface area contributed by atoms with Crippen molar-refractivity contribution >= 4 is 5.91 Å². The Morgan fingerprint density at radius 2 is 1.77 bits per heavy atom. The molecule has 2 saturated heterocycles. The molecule has 168 valence electrons. The van der Waals surface area contributed by atoms with Crippen LogP contribution >= 0.6 is 0 Å². The van der Waals surface area contributed by atoms with Gasteiger partial charge < -0.3 is 9.64 Å². The summed E-state index contributed by atoms with van der Waals surface area (Å²) in [5.74, 6) is 0.860. The molecule has 1 amide bonds. The third-order valence-electron chi connectivity index (χ3n) is 6.80. The molecular formula is C25H36N4O2. The van der Waals surface area contributed by atoms with Crippen molar-refractivity contribution in [3.8, 4) is 5.75 Å².